The van der Waals surface area contributed by atoms with Gasteiger partial charge >= 0.3 is 0 Å². The molecule has 0 atom stereocenters. The van der Waals surface area contributed by atoms with E-state index in [2.05, 4.69) is 11.9 Å². The summed E-state index contributed by atoms with van der Waals surface area (Å²) in [6, 6.07) is 0. The summed E-state index contributed by atoms with van der Waals surface area (Å²) >= 11 is 0. The molecule has 0 bridgehead atoms. The molecule has 6 N–H and O–H groups in total. The number of phenols is 5. The van der Waals surface area contributed by atoms with E-state index in [1.54, 1.807) is 6.08 Å². The van der Waals surface area contributed by atoms with Crippen LogP contribution in [0.5, 0.6) is 28.7 Å². The summed E-state index contributed by atoms with van der Waals surface area (Å²) < 4.78 is 0. The van der Waals surface area contributed by atoms with Gasteiger partial charge in [-0.1, -0.05) is 19.6 Å². The SMILES string of the molecule is C=C/C(=C\CC)Nc1c(O)c(O)c(O)c(O)c1O. The molecule has 0 aromatic heterocycles. The standard InChI is InChI=1S/C12H15NO5/c1-3-5-6(4-2)13-7-8(14)10(16)12(18)11(17)9(7)15/h4-5,13-18H,2-3H2,1H3/b6-5+. The fourth-order valence-electron chi connectivity index (χ4n) is 1.35. The maximum Gasteiger partial charge on any atom is 0.208 e. The summed E-state index contributed by atoms with van der Waals surface area (Å²) in [5.41, 5.74) is 0.148. The molecule has 0 saturated carbocycles. The third kappa shape index (κ3) is 2.27. The second kappa shape index (κ2) is 5.22. The van der Waals surface area contributed by atoms with E-state index in [1.807, 2.05) is 6.92 Å². The maximum atomic E-state index is 9.59. The molecule has 0 spiro atoms. The van der Waals surface area contributed by atoms with Gasteiger partial charge in [0.15, 0.2) is 11.5 Å². The topological polar surface area (TPSA) is 113 Å². The van der Waals surface area contributed by atoms with Gasteiger partial charge in [-0.3, -0.25) is 0 Å². The number of rotatable bonds is 4. The van der Waals surface area contributed by atoms with Crippen LogP contribution >= 0.6 is 0 Å². The van der Waals surface area contributed by atoms with Gasteiger partial charge in [-0.25, -0.2) is 0 Å². The van der Waals surface area contributed by atoms with Gasteiger partial charge in [0.2, 0.25) is 17.2 Å². The Kier molecular flexibility index (Phi) is 3.93. The lowest BCUT2D eigenvalue weighted by atomic mass is 10.2. The van der Waals surface area contributed by atoms with Gasteiger partial charge in [0.1, 0.15) is 5.69 Å². The summed E-state index contributed by atoms with van der Waals surface area (Å²) in [6.45, 7) is 5.40. The predicted octanol–water partition coefficient (Wildman–Crippen LogP) is 2.11. The van der Waals surface area contributed by atoms with E-state index in [-0.39, 0.29) is 5.69 Å². The van der Waals surface area contributed by atoms with E-state index in [9.17, 15) is 25.5 Å². The van der Waals surface area contributed by atoms with E-state index >= 15 is 0 Å². The van der Waals surface area contributed by atoms with Gasteiger partial charge in [0.25, 0.3) is 0 Å². The zero-order valence-corrected chi connectivity index (χ0v) is 9.80. The molecule has 1 rings (SSSR count). The van der Waals surface area contributed by atoms with Crippen LogP contribution in [0.3, 0.4) is 0 Å². The summed E-state index contributed by atoms with van der Waals surface area (Å²) in [7, 11) is 0. The Morgan fingerprint density at radius 1 is 1.00 bits per heavy atom. The third-order valence-electron chi connectivity index (χ3n) is 2.28. The lowest BCUT2D eigenvalue weighted by molar-refractivity contribution is 0.330. The summed E-state index contributed by atoms with van der Waals surface area (Å²) in [4.78, 5) is 0. The van der Waals surface area contributed by atoms with Crippen LogP contribution in [0.25, 0.3) is 0 Å². The van der Waals surface area contributed by atoms with Crippen LogP contribution in [0, 0.1) is 0 Å². The molecule has 0 aliphatic rings. The van der Waals surface area contributed by atoms with Gasteiger partial charge in [0, 0.05) is 5.70 Å². The first kappa shape index (κ1) is 13.6. The average Bonchev–Trinajstić information content (AvgIpc) is 2.37. The minimum absolute atomic E-state index is 0.317. The second-order valence-corrected chi connectivity index (χ2v) is 3.51. The molecule has 0 amide bonds. The van der Waals surface area contributed by atoms with Crippen LogP contribution in [0.2, 0.25) is 0 Å². The summed E-state index contributed by atoms with van der Waals surface area (Å²) in [5.74, 6) is -4.38. The van der Waals surface area contributed by atoms with Crippen molar-refractivity contribution < 1.29 is 25.5 Å². The third-order valence-corrected chi connectivity index (χ3v) is 2.28. The molecular weight excluding hydrogens is 238 g/mol. The average molecular weight is 253 g/mol. The highest BCUT2D eigenvalue weighted by molar-refractivity contribution is 5.80. The lowest BCUT2D eigenvalue weighted by Gasteiger charge is -2.14. The van der Waals surface area contributed by atoms with Gasteiger partial charge in [-0.15, -0.1) is 0 Å². The summed E-state index contributed by atoms with van der Waals surface area (Å²) in [6.07, 6.45) is 3.82. The highest BCUT2D eigenvalue weighted by Crippen LogP contribution is 2.54. The molecule has 0 fully saturated rings. The molecule has 0 unspecified atom stereocenters. The van der Waals surface area contributed by atoms with Crippen molar-refractivity contribution in [1.82, 2.24) is 0 Å². The normalized spacial score (nSPS) is 11.3. The largest absolute Gasteiger partial charge is 0.503 e. The Balaban J connectivity index is 3.33. The van der Waals surface area contributed by atoms with Crippen LogP contribution in [-0.2, 0) is 0 Å². The van der Waals surface area contributed by atoms with Crippen molar-refractivity contribution in [2.75, 3.05) is 5.32 Å². The summed E-state index contributed by atoms with van der Waals surface area (Å²) in [5, 5.41) is 49.7. The molecule has 0 aliphatic heterocycles. The number of hydrogen-bond acceptors (Lipinski definition) is 6. The Morgan fingerprint density at radius 3 is 1.83 bits per heavy atom. The van der Waals surface area contributed by atoms with Crippen molar-refractivity contribution >= 4 is 5.69 Å². The molecule has 0 aliphatic carbocycles. The predicted molar refractivity (Wildman–Crippen MR) is 67.0 cm³/mol. The zero-order chi connectivity index (χ0) is 13.9. The number of anilines is 1. The highest BCUT2D eigenvalue weighted by atomic mass is 16.4. The van der Waals surface area contributed by atoms with Gasteiger partial charge in [-0.05, 0) is 12.5 Å². The van der Waals surface area contributed by atoms with Crippen molar-refractivity contribution in [3.05, 3.63) is 24.4 Å². The van der Waals surface area contributed by atoms with E-state index in [4.69, 9.17) is 0 Å². The zero-order valence-electron chi connectivity index (χ0n) is 9.80. The maximum absolute atomic E-state index is 9.59. The molecule has 6 nitrogen and oxygen atoms in total. The minimum Gasteiger partial charge on any atom is -0.503 e. The number of phenolic OH excluding ortho intramolecular Hbond substituents is 5. The monoisotopic (exact) mass is 253 g/mol. The molecule has 98 valence electrons. The Labute approximate surface area is 104 Å². The molecule has 1 aromatic rings. The fraction of sp³-hybridized carbons (Fsp3) is 0.167. The van der Waals surface area contributed by atoms with Crippen molar-refractivity contribution in [2.24, 2.45) is 0 Å². The van der Waals surface area contributed by atoms with Gasteiger partial charge in [0.05, 0.1) is 0 Å². The van der Waals surface area contributed by atoms with Crippen molar-refractivity contribution in [3.8, 4) is 28.7 Å². The van der Waals surface area contributed by atoms with Crippen LogP contribution in [0.1, 0.15) is 13.3 Å². The Bertz CT molecular complexity index is 479. The van der Waals surface area contributed by atoms with Crippen LogP contribution in [0.4, 0.5) is 5.69 Å². The van der Waals surface area contributed by atoms with E-state index < -0.39 is 28.7 Å². The highest BCUT2D eigenvalue weighted by Gasteiger charge is 2.23. The minimum atomic E-state index is -0.991. The molecule has 0 saturated heterocycles. The first-order chi connectivity index (χ1) is 8.43. The molecule has 0 heterocycles. The first-order valence-electron chi connectivity index (χ1n) is 5.22. The van der Waals surface area contributed by atoms with E-state index in [0.717, 1.165) is 0 Å². The van der Waals surface area contributed by atoms with Crippen molar-refractivity contribution in [1.29, 1.82) is 0 Å². The van der Waals surface area contributed by atoms with Gasteiger partial charge in [-0.2, -0.15) is 0 Å². The first-order valence-corrected chi connectivity index (χ1v) is 5.22. The van der Waals surface area contributed by atoms with Crippen LogP contribution < -0.4 is 5.32 Å². The number of nitrogens with one attached hydrogen (secondary N) is 1. The second-order valence-electron chi connectivity index (χ2n) is 3.51. The Morgan fingerprint density at radius 2 is 1.44 bits per heavy atom. The van der Waals surface area contributed by atoms with Gasteiger partial charge < -0.3 is 30.8 Å². The number of benzene rings is 1. The smallest absolute Gasteiger partial charge is 0.208 e. The molecule has 1 aromatic carbocycles. The quantitative estimate of drug-likeness (QED) is 0.278. The Hall–Kier alpha value is -2.50. The number of hydrogen-bond donors (Lipinski definition) is 6. The van der Waals surface area contributed by atoms with Crippen LogP contribution in [-0.4, -0.2) is 25.5 Å². The fourth-order valence-corrected chi connectivity index (χ4v) is 1.35. The van der Waals surface area contributed by atoms with Crippen LogP contribution in [0.15, 0.2) is 24.4 Å². The molecule has 0 radical (unpaired) electrons. The van der Waals surface area contributed by atoms with E-state index in [0.29, 0.717) is 12.1 Å². The van der Waals surface area contributed by atoms with Crippen molar-refractivity contribution in [2.45, 2.75) is 13.3 Å². The number of aromatic hydroxyl groups is 5. The molecular formula is C12H15NO5. The molecule has 6 heteroatoms. The lowest BCUT2D eigenvalue weighted by Crippen LogP contribution is -1.98. The van der Waals surface area contributed by atoms with E-state index in [1.165, 1.54) is 6.08 Å². The van der Waals surface area contributed by atoms with Crippen molar-refractivity contribution in [3.63, 3.8) is 0 Å². The molecule has 18 heavy (non-hydrogen) atoms. The number of allylic oxidation sites excluding steroid dienone is 2.